The van der Waals surface area contributed by atoms with E-state index in [4.69, 9.17) is 9.73 Å². The second-order valence-corrected chi connectivity index (χ2v) is 7.80. The van der Waals surface area contributed by atoms with Gasteiger partial charge in [-0.25, -0.2) is 0 Å². The number of nitrogens with zero attached hydrogens (tertiary/aromatic N) is 3. The van der Waals surface area contributed by atoms with Crippen LogP contribution in [0.2, 0.25) is 0 Å². The van der Waals surface area contributed by atoms with Gasteiger partial charge in [0.2, 0.25) is 0 Å². The summed E-state index contributed by atoms with van der Waals surface area (Å²) in [5.41, 5.74) is 0. The topological polar surface area (TPSA) is 57.2 Å². The highest BCUT2D eigenvalue weighted by Crippen LogP contribution is 2.24. The number of likely N-dealkylation sites (tertiary alicyclic amines) is 2. The smallest absolute Gasteiger partial charge is 0.310 e. The van der Waals surface area contributed by atoms with Gasteiger partial charge < -0.3 is 19.9 Å². The Bertz CT molecular complexity index is 466. The van der Waals surface area contributed by atoms with E-state index >= 15 is 0 Å². The van der Waals surface area contributed by atoms with E-state index < -0.39 is 0 Å². The van der Waals surface area contributed by atoms with Crippen LogP contribution in [0.25, 0.3) is 0 Å². The second kappa shape index (κ2) is 9.41. The maximum absolute atomic E-state index is 11.9. The van der Waals surface area contributed by atoms with Crippen molar-refractivity contribution in [3.05, 3.63) is 0 Å². The standard InChI is InChI=1S/C19H36N4O2/c1-6-20-19(23-11-15(4)17(13-23)18(24)25-5)21-10-16-8-7-9-22(12-16)14(2)3/h14-17H,6-13H2,1-5H3,(H,20,21). The number of esters is 1. The fourth-order valence-corrected chi connectivity index (χ4v) is 3.95. The van der Waals surface area contributed by atoms with Gasteiger partial charge in [-0.1, -0.05) is 6.92 Å². The molecule has 0 bridgehead atoms. The Kier molecular flexibility index (Phi) is 7.54. The van der Waals surface area contributed by atoms with Gasteiger partial charge in [-0.15, -0.1) is 0 Å². The molecule has 2 aliphatic rings. The Morgan fingerprint density at radius 2 is 2.08 bits per heavy atom. The van der Waals surface area contributed by atoms with E-state index in [9.17, 15) is 4.79 Å². The highest BCUT2D eigenvalue weighted by molar-refractivity contribution is 5.82. The molecular formula is C19H36N4O2. The summed E-state index contributed by atoms with van der Waals surface area (Å²) in [7, 11) is 1.47. The summed E-state index contributed by atoms with van der Waals surface area (Å²) < 4.78 is 4.95. The van der Waals surface area contributed by atoms with Gasteiger partial charge in [-0.3, -0.25) is 9.79 Å². The zero-order valence-corrected chi connectivity index (χ0v) is 16.6. The third-order valence-corrected chi connectivity index (χ3v) is 5.53. The van der Waals surface area contributed by atoms with Crippen LogP contribution in [0, 0.1) is 17.8 Å². The number of hydrogen-bond donors (Lipinski definition) is 1. The molecule has 2 rings (SSSR count). The lowest BCUT2D eigenvalue weighted by molar-refractivity contribution is -0.145. The molecule has 0 radical (unpaired) electrons. The minimum Gasteiger partial charge on any atom is -0.469 e. The van der Waals surface area contributed by atoms with Crippen LogP contribution in [0.15, 0.2) is 4.99 Å². The lowest BCUT2D eigenvalue weighted by Crippen LogP contribution is -2.43. The third kappa shape index (κ3) is 5.33. The molecular weight excluding hydrogens is 316 g/mol. The van der Waals surface area contributed by atoms with Crippen molar-refractivity contribution in [3.63, 3.8) is 0 Å². The first-order chi connectivity index (χ1) is 12.0. The first kappa shape index (κ1) is 20.0. The fourth-order valence-electron chi connectivity index (χ4n) is 3.95. The van der Waals surface area contributed by atoms with Crippen molar-refractivity contribution in [1.29, 1.82) is 0 Å². The molecule has 0 aliphatic carbocycles. The minimum absolute atomic E-state index is 0.0556. The summed E-state index contributed by atoms with van der Waals surface area (Å²) >= 11 is 0. The number of carbonyl (C=O) groups excluding carboxylic acids is 1. The Hall–Kier alpha value is -1.30. The quantitative estimate of drug-likeness (QED) is 0.465. The molecule has 2 saturated heterocycles. The van der Waals surface area contributed by atoms with Crippen LogP contribution in [0.5, 0.6) is 0 Å². The van der Waals surface area contributed by atoms with Crippen LogP contribution in [0.3, 0.4) is 0 Å². The lowest BCUT2D eigenvalue weighted by Gasteiger charge is -2.35. The predicted octanol–water partition coefficient (Wildman–Crippen LogP) is 1.81. The van der Waals surface area contributed by atoms with Gasteiger partial charge in [-0.05, 0) is 52.0 Å². The van der Waals surface area contributed by atoms with E-state index in [1.54, 1.807) is 0 Å². The molecule has 6 heteroatoms. The maximum atomic E-state index is 11.9. The van der Waals surface area contributed by atoms with Crippen molar-refractivity contribution in [2.75, 3.05) is 46.4 Å². The number of piperidine rings is 1. The van der Waals surface area contributed by atoms with E-state index in [0.717, 1.165) is 32.1 Å². The van der Waals surface area contributed by atoms with Crippen LogP contribution < -0.4 is 5.32 Å². The van der Waals surface area contributed by atoms with Crippen LogP contribution in [0.4, 0.5) is 0 Å². The zero-order valence-electron chi connectivity index (χ0n) is 16.6. The maximum Gasteiger partial charge on any atom is 0.310 e. The number of carbonyl (C=O) groups is 1. The van der Waals surface area contributed by atoms with Crippen molar-refractivity contribution in [2.45, 2.75) is 46.6 Å². The van der Waals surface area contributed by atoms with Crippen LogP contribution in [-0.4, -0.2) is 74.1 Å². The summed E-state index contributed by atoms with van der Waals surface area (Å²) in [4.78, 5) is 21.6. The van der Waals surface area contributed by atoms with Crippen molar-refractivity contribution in [2.24, 2.45) is 22.7 Å². The van der Waals surface area contributed by atoms with Gasteiger partial charge in [0.15, 0.2) is 5.96 Å². The number of rotatable bonds is 5. The monoisotopic (exact) mass is 352 g/mol. The molecule has 2 heterocycles. The molecule has 1 N–H and O–H groups in total. The predicted molar refractivity (Wildman–Crippen MR) is 102 cm³/mol. The van der Waals surface area contributed by atoms with Crippen molar-refractivity contribution in [3.8, 4) is 0 Å². The van der Waals surface area contributed by atoms with Crippen molar-refractivity contribution >= 4 is 11.9 Å². The van der Waals surface area contributed by atoms with Crippen LogP contribution >= 0.6 is 0 Å². The molecule has 0 saturated carbocycles. The third-order valence-electron chi connectivity index (χ3n) is 5.53. The summed E-state index contributed by atoms with van der Waals surface area (Å²) in [6, 6.07) is 0.611. The van der Waals surface area contributed by atoms with Gasteiger partial charge in [0.1, 0.15) is 0 Å². The molecule has 25 heavy (non-hydrogen) atoms. The first-order valence-electron chi connectivity index (χ1n) is 9.81. The van der Waals surface area contributed by atoms with E-state index in [1.165, 1.54) is 26.5 Å². The van der Waals surface area contributed by atoms with E-state index in [0.29, 0.717) is 24.4 Å². The Morgan fingerprint density at radius 1 is 1.32 bits per heavy atom. The average molecular weight is 353 g/mol. The number of hydrogen-bond acceptors (Lipinski definition) is 4. The molecule has 2 aliphatic heterocycles. The number of nitrogens with one attached hydrogen (secondary N) is 1. The fraction of sp³-hybridized carbons (Fsp3) is 0.895. The molecule has 0 aromatic carbocycles. The molecule has 2 fully saturated rings. The number of methoxy groups -OCH3 is 1. The molecule has 6 nitrogen and oxygen atoms in total. The van der Waals surface area contributed by atoms with E-state index in [2.05, 4.69) is 42.8 Å². The van der Waals surface area contributed by atoms with Crippen LogP contribution in [0.1, 0.15) is 40.5 Å². The Morgan fingerprint density at radius 3 is 2.72 bits per heavy atom. The van der Waals surface area contributed by atoms with Gasteiger partial charge in [0, 0.05) is 38.8 Å². The Labute approximate surface area is 153 Å². The molecule has 3 unspecified atom stereocenters. The number of guanidine groups is 1. The SMILES string of the molecule is CCNC(=NCC1CCCN(C(C)C)C1)N1CC(C)C(C(=O)OC)C1. The van der Waals surface area contributed by atoms with Crippen molar-refractivity contribution in [1.82, 2.24) is 15.1 Å². The summed E-state index contributed by atoms with van der Waals surface area (Å²) in [5.74, 6) is 1.71. The molecule has 144 valence electrons. The molecule has 0 spiro atoms. The lowest BCUT2D eigenvalue weighted by atomic mass is 9.97. The summed E-state index contributed by atoms with van der Waals surface area (Å²) in [5, 5.41) is 3.41. The number of ether oxygens (including phenoxy) is 1. The minimum atomic E-state index is -0.106. The largest absolute Gasteiger partial charge is 0.469 e. The average Bonchev–Trinajstić information content (AvgIpc) is 2.99. The van der Waals surface area contributed by atoms with E-state index in [1.807, 2.05) is 0 Å². The normalized spacial score (nSPS) is 28.5. The van der Waals surface area contributed by atoms with Gasteiger partial charge in [0.25, 0.3) is 0 Å². The van der Waals surface area contributed by atoms with Gasteiger partial charge in [0.05, 0.1) is 13.0 Å². The highest BCUT2D eigenvalue weighted by Gasteiger charge is 2.37. The molecule has 0 aromatic rings. The number of aliphatic imine (C=N–C) groups is 1. The van der Waals surface area contributed by atoms with E-state index in [-0.39, 0.29) is 11.9 Å². The molecule has 0 amide bonds. The Balaban J connectivity index is 1.98. The first-order valence-corrected chi connectivity index (χ1v) is 9.81. The molecule has 3 atom stereocenters. The molecule has 0 aromatic heterocycles. The zero-order chi connectivity index (χ0) is 18.4. The highest BCUT2D eigenvalue weighted by atomic mass is 16.5. The van der Waals surface area contributed by atoms with Gasteiger partial charge >= 0.3 is 5.97 Å². The van der Waals surface area contributed by atoms with Crippen molar-refractivity contribution < 1.29 is 9.53 Å². The van der Waals surface area contributed by atoms with Gasteiger partial charge in [-0.2, -0.15) is 0 Å². The van der Waals surface area contributed by atoms with Crippen LogP contribution in [-0.2, 0) is 9.53 Å². The summed E-state index contributed by atoms with van der Waals surface area (Å²) in [6.07, 6.45) is 2.52. The summed E-state index contributed by atoms with van der Waals surface area (Å²) in [6.45, 7) is 14.4. The second-order valence-electron chi connectivity index (χ2n) is 7.80.